The Bertz CT molecular complexity index is 1200. The van der Waals surface area contributed by atoms with Gasteiger partial charge in [-0.05, 0) is 31.2 Å². The molecule has 0 saturated carbocycles. The summed E-state index contributed by atoms with van der Waals surface area (Å²) in [6.07, 6.45) is 1.42. The summed E-state index contributed by atoms with van der Waals surface area (Å²) in [5.74, 6) is -1.09. The van der Waals surface area contributed by atoms with Crippen molar-refractivity contribution in [3.05, 3.63) is 54.0 Å². The molecule has 0 aliphatic carbocycles. The van der Waals surface area contributed by atoms with E-state index in [0.29, 0.717) is 31.7 Å². The van der Waals surface area contributed by atoms with Crippen molar-refractivity contribution in [2.45, 2.75) is 17.9 Å². The Morgan fingerprint density at radius 1 is 1.09 bits per heavy atom. The fraction of sp³-hybridized carbons (Fsp3) is 0.333. The standard InChI is InChI=1S/C21H22N4O7S/c1-14(22-19-15-5-2-3-7-17(15)33(29,30)23-19)21(28)32-13-18(26)24-8-10-25(11-9-24)20(27)16-6-4-12-31-16/h2-7,12,14H,8-11,13H2,1H3,(H,22,23)/t14-/m1/s1. The van der Waals surface area contributed by atoms with Crippen molar-refractivity contribution in [1.29, 1.82) is 0 Å². The maximum atomic E-state index is 12.4. The quantitative estimate of drug-likeness (QED) is 0.612. The normalized spacial score (nSPS) is 19.0. The SMILES string of the molecule is C[C@@H](N=C1NS(=O)(=O)c2ccccc21)C(=O)OCC(=O)N1CCN(C(=O)c2ccco2)CC1. The van der Waals surface area contributed by atoms with Crippen LogP contribution in [0.5, 0.6) is 0 Å². The van der Waals surface area contributed by atoms with Crippen molar-refractivity contribution in [2.24, 2.45) is 4.99 Å². The molecule has 1 atom stereocenters. The van der Waals surface area contributed by atoms with Crippen LogP contribution in [0.2, 0.25) is 0 Å². The minimum atomic E-state index is -3.72. The van der Waals surface area contributed by atoms with Crippen molar-refractivity contribution >= 4 is 33.6 Å². The highest BCUT2D eigenvalue weighted by molar-refractivity contribution is 7.90. The van der Waals surface area contributed by atoms with Gasteiger partial charge in [-0.3, -0.25) is 19.3 Å². The van der Waals surface area contributed by atoms with Gasteiger partial charge in [-0.2, -0.15) is 0 Å². The number of ether oxygens (including phenoxy) is 1. The van der Waals surface area contributed by atoms with Crippen LogP contribution in [0.4, 0.5) is 0 Å². The molecule has 1 aromatic heterocycles. The number of aliphatic imine (C=N–C) groups is 1. The molecule has 1 aromatic carbocycles. The zero-order valence-corrected chi connectivity index (χ0v) is 18.6. The highest BCUT2D eigenvalue weighted by atomic mass is 32.2. The first-order valence-electron chi connectivity index (χ1n) is 10.2. The second-order valence-corrected chi connectivity index (χ2v) is 9.16. The molecule has 0 radical (unpaired) electrons. The first-order valence-corrected chi connectivity index (χ1v) is 11.7. The third kappa shape index (κ3) is 4.75. The van der Waals surface area contributed by atoms with E-state index in [-0.39, 0.29) is 28.3 Å². The molecule has 2 amide bonds. The number of fused-ring (bicyclic) bond motifs is 1. The number of piperazine rings is 1. The minimum absolute atomic E-state index is 0.0544. The van der Waals surface area contributed by atoms with E-state index in [1.807, 2.05) is 0 Å². The molecule has 3 heterocycles. The second-order valence-electron chi connectivity index (χ2n) is 7.51. The summed E-state index contributed by atoms with van der Waals surface area (Å²) in [6, 6.07) is 8.49. The second kappa shape index (κ2) is 9.06. The molecule has 33 heavy (non-hydrogen) atoms. The van der Waals surface area contributed by atoms with Crippen LogP contribution in [0.15, 0.2) is 57.0 Å². The minimum Gasteiger partial charge on any atom is -0.459 e. The number of nitrogens with zero attached hydrogens (tertiary/aromatic N) is 3. The molecule has 1 N–H and O–H groups in total. The Morgan fingerprint density at radius 2 is 1.79 bits per heavy atom. The number of esters is 1. The van der Waals surface area contributed by atoms with E-state index in [0.717, 1.165) is 0 Å². The molecule has 11 nitrogen and oxygen atoms in total. The number of amidine groups is 1. The average Bonchev–Trinajstić information content (AvgIpc) is 3.44. The number of amides is 2. The number of rotatable bonds is 5. The highest BCUT2D eigenvalue weighted by Crippen LogP contribution is 2.22. The summed E-state index contributed by atoms with van der Waals surface area (Å²) in [7, 11) is -3.72. The lowest BCUT2D eigenvalue weighted by molar-refractivity contribution is -0.153. The number of sulfonamides is 1. The Balaban J connectivity index is 1.28. The van der Waals surface area contributed by atoms with E-state index < -0.39 is 28.6 Å². The van der Waals surface area contributed by atoms with Gasteiger partial charge in [0.25, 0.3) is 21.8 Å². The maximum absolute atomic E-state index is 12.4. The summed E-state index contributed by atoms with van der Waals surface area (Å²) in [5, 5.41) is 0. The fourth-order valence-electron chi connectivity index (χ4n) is 3.54. The lowest BCUT2D eigenvalue weighted by Gasteiger charge is -2.34. The fourth-order valence-corrected chi connectivity index (χ4v) is 4.77. The topological polar surface area (TPSA) is 139 Å². The van der Waals surface area contributed by atoms with Crippen molar-refractivity contribution in [3.63, 3.8) is 0 Å². The van der Waals surface area contributed by atoms with Crippen LogP contribution in [0.3, 0.4) is 0 Å². The lowest BCUT2D eigenvalue weighted by Crippen LogP contribution is -2.51. The zero-order valence-electron chi connectivity index (χ0n) is 17.8. The van der Waals surface area contributed by atoms with Crippen molar-refractivity contribution < 1.29 is 32.0 Å². The average molecular weight is 474 g/mol. The largest absolute Gasteiger partial charge is 0.459 e. The molecule has 174 valence electrons. The van der Waals surface area contributed by atoms with E-state index in [1.54, 1.807) is 35.2 Å². The van der Waals surface area contributed by atoms with Gasteiger partial charge in [-0.15, -0.1) is 0 Å². The van der Waals surface area contributed by atoms with Crippen LogP contribution in [-0.2, 0) is 24.3 Å². The molecular weight excluding hydrogens is 452 g/mol. The number of benzene rings is 1. The van der Waals surface area contributed by atoms with Crippen LogP contribution in [-0.4, -0.2) is 80.7 Å². The summed E-state index contributed by atoms with van der Waals surface area (Å²) in [6.45, 7) is 2.26. The molecule has 0 unspecified atom stereocenters. The van der Waals surface area contributed by atoms with E-state index in [9.17, 15) is 22.8 Å². The highest BCUT2D eigenvalue weighted by Gasteiger charge is 2.32. The Morgan fingerprint density at radius 3 is 2.48 bits per heavy atom. The lowest BCUT2D eigenvalue weighted by atomic mass is 10.2. The molecule has 2 aliphatic rings. The summed E-state index contributed by atoms with van der Waals surface area (Å²) >= 11 is 0. The number of hydrogen-bond donors (Lipinski definition) is 1. The Hall–Kier alpha value is -3.67. The molecule has 1 saturated heterocycles. The number of furan rings is 1. The van der Waals surface area contributed by atoms with Crippen LogP contribution >= 0.6 is 0 Å². The predicted molar refractivity (Wildman–Crippen MR) is 115 cm³/mol. The van der Waals surface area contributed by atoms with Gasteiger partial charge < -0.3 is 19.0 Å². The third-order valence-corrected chi connectivity index (χ3v) is 6.71. The Kier molecular flexibility index (Phi) is 6.18. The summed E-state index contributed by atoms with van der Waals surface area (Å²) in [4.78, 5) is 44.4. The smallest absolute Gasteiger partial charge is 0.331 e. The van der Waals surface area contributed by atoms with E-state index in [4.69, 9.17) is 9.15 Å². The summed E-state index contributed by atoms with van der Waals surface area (Å²) in [5.41, 5.74) is 0.371. The summed E-state index contributed by atoms with van der Waals surface area (Å²) < 4.78 is 36.8. The van der Waals surface area contributed by atoms with Crippen LogP contribution in [0.25, 0.3) is 0 Å². The number of hydrogen-bond acceptors (Lipinski definition) is 8. The van der Waals surface area contributed by atoms with E-state index in [1.165, 1.54) is 24.2 Å². The van der Waals surface area contributed by atoms with Gasteiger partial charge in [0.2, 0.25) is 0 Å². The molecule has 1 fully saturated rings. The van der Waals surface area contributed by atoms with Gasteiger partial charge in [-0.1, -0.05) is 12.1 Å². The van der Waals surface area contributed by atoms with Gasteiger partial charge in [0, 0.05) is 31.7 Å². The van der Waals surface area contributed by atoms with Gasteiger partial charge in [0.05, 0.1) is 11.2 Å². The molecular formula is C21H22N4O7S. The molecule has 4 rings (SSSR count). The molecule has 0 bridgehead atoms. The van der Waals surface area contributed by atoms with E-state index >= 15 is 0 Å². The Labute approximate surface area is 190 Å². The van der Waals surface area contributed by atoms with Crippen LogP contribution in [0, 0.1) is 0 Å². The van der Waals surface area contributed by atoms with Crippen LogP contribution in [0.1, 0.15) is 23.0 Å². The maximum Gasteiger partial charge on any atom is 0.331 e. The van der Waals surface area contributed by atoms with Crippen molar-refractivity contribution in [3.8, 4) is 0 Å². The number of carbonyl (C=O) groups excluding carboxylic acids is 3. The zero-order chi connectivity index (χ0) is 23.6. The third-order valence-electron chi connectivity index (χ3n) is 5.32. The van der Waals surface area contributed by atoms with Crippen LogP contribution < -0.4 is 4.72 Å². The van der Waals surface area contributed by atoms with E-state index in [2.05, 4.69) is 9.71 Å². The predicted octanol–water partition coefficient (Wildman–Crippen LogP) is 0.234. The number of nitrogens with one attached hydrogen (secondary N) is 1. The van der Waals surface area contributed by atoms with Crippen molar-refractivity contribution in [2.75, 3.05) is 32.8 Å². The molecule has 2 aliphatic heterocycles. The van der Waals surface area contributed by atoms with Gasteiger partial charge in [0.1, 0.15) is 11.9 Å². The van der Waals surface area contributed by atoms with Gasteiger partial charge >= 0.3 is 5.97 Å². The monoisotopic (exact) mass is 474 g/mol. The van der Waals surface area contributed by atoms with Crippen molar-refractivity contribution in [1.82, 2.24) is 14.5 Å². The van der Waals surface area contributed by atoms with Gasteiger partial charge in [-0.25, -0.2) is 13.2 Å². The molecule has 2 aromatic rings. The first kappa shape index (κ1) is 22.5. The number of carbonyl (C=O) groups is 3. The molecule has 12 heteroatoms. The molecule has 0 spiro atoms. The van der Waals surface area contributed by atoms with Gasteiger partial charge in [0.15, 0.2) is 12.4 Å². The first-order chi connectivity index (χ1) is 15.8.